The molecule has 0 spiro atoms. The van der Waals surface area contributed by atoms with Crippen molar-refractivity contribution in [3.8, 4) is 11.1 Å². The van der Waals surface area contributed by atoms with Gasteiger partial charge in [0.2, 0.25) is 11.8 Å². The highest BCUT2D eigenvalue weighted by Crippen LogP contribution is 2.29. The standard InChI is InChI=1S/C19H20N2O2/c20-10-9-13-3-1-4-14(11-13)15-5-2-6-16(12-15)17-7-8-18(22)21-19(17)23/h1-6,11-12,17H,7-10,20H2,(H,21,22,23). The van der Waals surface area contributed by atoms with Gasteiger partial charge >= 0.3 is 0 Å². The molecule has 2 aromatic carbocycles. The number of hydrogen-bond donors (Lipinski definition) is 2. The summed E-state index contributed by atoms with van der Waals surface area (Å²) in [6.45, 7) is 0.625. The Morgan fingerprint density at radius 3 is 2.52 bits per heavy atom. The van der Waals surface area contributed by atoms with Crippen LogP contribution in [0.3, 0.4) is 0 Å². The maximum atomic E-state index is 12.0. The molecule has 0 bridgehead atoms. The lowest BCUT2D eigenvalue weighted by Crippen LogP contribution is -2.39. The highest BCUT2D eigenvalue weighted by molar-refractivity contribution is 6.01. The second-order valence-electron chi connectivity index (χ2n) is 5.87. The summed E-state index contributed by atoms with van der Waals surface area (Å²) in [5.41, 5.74) is 9.98. The number of hydrogen-bond acceptors (Lipinski definition) is 3. The lowest BCUT2D eigenvalue weighted by molar-refractivity contribution is -0.134. The molecule has 1 atom stereocenters. The second-order valence-corrected chi connectivity index (χ2v) is 5.87. The molecule has 118 valence electrons. The predicted octanol–water partition coefficient (Wildman–Crippen LogP) is 2.38. The van der Waals surface area contributed by atoms with Crippen LogP contribution in [0.1, 0.15) is 29.9 Å². The molecule has 0 aliphatic carbocycles. The quantitative estimate of drug-likeness (QED) is 0.852. The number of carbonyl (C=O) groups excluding carboxylic acids is 2. The van der Waals surface area contributed by atoms with Gasteiger partial charge in [0.1, 0.15) is 0 Å². The molecule has 4 heteroatoms. The number of imide groups is 1. The molecule has 2 aromatic rings. The van der Waals surface area contributed by atoms with E-state index in [2.05, 4.69) is 23.5 Å². The Balaban J connectivity index is 1.89. The predicted molar refractivity (Wildman–Crippen MR) is 89.8 cm³/mol. The molecule has 1 saturated heterocycles. The number of nitrogens with one attached hydrogen (secondary N) is 1. The Morgan fingerprint density at radius 1 is 1.04 bits per heavy atom. The summed E-state index contributed by atoms with van der Waals surface area (Å²) in [4.78, 5) is 23.3. The van der Waals surface area contributed by atoms with E-state index in [0.29, 0.717) is 19.4 Å². The third kappa shape index (κ3) is 3.48. The molecular weight excluding hydrogens is 288 g/mol. The Hall–Kier alpha value is -2.46. The molecule has 1 fully saturated rings. The second kappa shape index (κ2) is 6.75. The molecule has 1 aliphatic rings. The Bertz CT molecular complexity index is 740. The molecule has 3 rings (SSSR count). The highest BCUT2D eigenvalue weighted by atomic mass is 16.2. The summed E-state index contributed by atoms with van der Waals surface area (Å²) in [7, 11) is 0. The maximum Gasteiger partial charge on any atom is 0.234 e. The molecule has 1 aliphatic heterocycles. The monoisotopic (exact) mass is 308 g/mol. The molecule has 3 N–H and O–H groups in total. The van der Waals surface area contributed by atoms with E-state index in [1.165, 1.54) is 5.56 Å². The largest absolute Gasteiger partial charge is 0.330 e. The number of benzene rings is 2. The van der Waals surface area contributed by atoms with Gasteiger partial charge in [-0.25, -0.2) is 0 Å². The fourth-order valence-corrected chi connectivity index (χ4v) is 3.02. The summed E-state index contributed by atoms with van der Waals surface area (Å²) in [5.74, 6) is -0.632. The maximum absolute atomic E-state index is 12.0. The minimum Gasteiger partial charge on any atom is -0.330 e. The summed E-state index contributed by atoms with van der Waals surface area (Å²) < 4.78 is 0. The number of nitrogens with two attached hydrogens (primary N) is 1. The van der Waals surface area contributed by atoms with Crippen molar-refractivity contribution in [3.63, 3.8) is 0 Å². The molecule has 0 saturated carbocycles. The van der Waals surface area contributed by atoms with Crippen molar-refractivity contribution < 1.29 is 9.59 Å². The van der Waals surface area contributed by atoms with Crippen LogP contribution in [0, 0.1) is 0 Å². The molecular formula is C19H20N2O2. The van der Waals surface area contributed by atoms with Gasteiger partial charge in [-0.05, 0) is 41.6 Å². The SMILES string of the molecule is NCCc1cccc(-c2cccc(C3CCC(=O)NC3=O)c2)c1. The van der Waals surface area contributed by atoms with Crippen molar-refractivity contribution in [2.24, 2.45) is 5.73 Å². The van der Waals surface area contributed by atoms with Crippen LogP contribution in [0.5, 0.6) is 0 Å². The smallest absolute Gasteiger partial charge is 0.234 e. The zero-order valence-corrected chi connectivity index (χ0v) is 12.9. The number of carbonyl (C=O) groups is 2. The lowest BCUT2D eigenvalue weighted by atomic mass is 9.88. The average molecular weight is 308 g/mol. The highest BCUT2D eigenvalue weighted by Gasteiger charge is 2.27. The van der Waals surface area contributed by atoms with E-state index in [4.69, 9.17) is 5.73 Å². The van der Waals surface area contributed by atoms with E-state index in [1.807, 2.05) is 30.3 Å². The van der Waals surface area contributed by atoms with E-state index in [0.717, 1.165) is 23.1 Å². The van der Waals surface area contributed by atoms with E-state index in [-0.39, 0.29) is 17.7 Å². The molecule has 23 heavy (non-hydrogen) atoms. The third-order valence-electron chi connectivity index (χ3n) is 4.22. The number of amides is 2. The van der Waals surface area contributed by atoms with E-state index in [9.17, 15) is 9.59 Å². The van der Waals surface area contributed by atoms with Gasteiger partial charge in [0, 0.05) is 6.42 Å². The minimum atomic E-state index is -0.250. The summed E-state index contributed by atoms with van der Waals surface area (Å²) in [6, 6.07) is 16.3. The van der Waals surface area contributed by atoms with Gasteiger partial charge in [-0.2, -0.15) is 0 Å². The first-order valence-electron chi connectivity index (χ1n) is 7.90. The number of rotatable bonds is 4. The van der Waals surface area contributed by atoms with Crippen LogP contribution in [0.15, 0.2) is 48.5 Å². The third-order valence-corrected chi connectivity index (χ3v) is 4.22. The van der Waals surface area contributed by atoms with Gasteiger partial charge in [0.05, 0.1) is 5.92 Å². The first kappa shape index (κ1) is 15.4. The van der Waals surface area contributed by atoms with Crippen molar-refractivity contribution in [1.82, 2.24) is 5.32 Å². The summed E-state index contributed by atoms with van der Waals surface area (Å²) in [6.07, 6.45) is 1.81. The van der Waals surface area contributed by atoms with Crippen LogP contribution in [-0.2, 0) is 16.0 Å². The molecule has 1 unspecified atom stereocenters. The van der Waals surface area contributed by atoms with Gasteiger partial charge in [-0.3, -0.25) is 14.9 Å². The molecule has 1 heterocycles. The normalized spacial score (nSPS) is 17.9. The minimum absolute atomic E-state index is 0.183. The number of piperidine rings is 1. The average Bonchev–Trinajstić information content (AvgIpc) is 2.55. The van der Waals surface area contributed by atoms with Crippen LogP contribution in [0.4, 0.5) is 0 Å². The van der Waals surface area contributed by atoms with Gasteiger partial charge in [-0.1, -0.05) is 48.5 Å². The van der Waals surface area contributed by atoms with Crippen LogP contribution in [-0.4, -0.2) is 18.4 Å². The topological polar surface area (TPSA) is 72.2 Å². The van der Waals surface area contributed by atoms with Gasteiger partial charge in [0.25, 0.3) is 0 Å². The zero-order chi connectivity index (χ0) is 16.2. The Labute approximate surface area is 135 Å². The Morgan fingerprint density at radius 2 is 1.78 bits per heavy atom. The lowest BCUT2D eigenvalue weighted by Gasteiger charge is -2.21. The molecule has 0 radical (unpaired) electrons. The first-order chi connectivity index (χ1) is 11.2. The van der Waals surface area contributed by atoms with Crippen molar-refractivity contribution >= 4 is 11.8 Å². The fourth-order valence-electron chi connectivity index (χ4n) is 3.02. The van der Waals surface area contributed by atoms with E-state index < -0.39 is 0 Å². The molecule has 0 aromatic heterocycles. The van der Waals surface area contributed by atoms with Crippen LogP contribution in [0.2, 0.25) is 0 Å². The Kier molecular flexibility index (Phi) is 4.53. The van der Waals surface area contributed by atoms with Crippen molar-refractivity contribution in [2.75, 3.05) is 6.54 Å². The van der Waals surface area contributed by atoms with Crippen LogP contribution >= 0.6 is 0 Å². The fraction of sp³-hybridized carbons (Fsp3) is 0.263. The van der Waals surface area contributed by atoms with Crippen molar-refractivity contribution in [1.29, 1.82) is 0 Å². The van der Waals surface area contributed by atoms with Gasteiger partial charge in [0.15, 0.2) is 0 Å². The van der Waals surface area contributed by atoms with Crippen molar-refractivity contribution in [2.45, 2.75) is 25.2 Å². The molecule has 4 nitrogen and oxygen atoms in total. The summed E-state index contributed by atoms with van der Waals surface area (Å²) >= 11 is 0. The van der Waals surface area contributed by atoms with Crippen molar-refractivity contribution in [3.05, 3.63) is 59.7 Å². The van der Waals surface area contributed by atoms with Crippen LogP contribution < -0.4 is 11.1 Å². The summed E-state index contributed by atoms with van der Waals surface area (Å²) in [5, 5.41) is 2.42. The van der Waals surface area contributed by atoms with Gasteiger partial charge < -0.3 is 5.73 Å². The zero-order valence-electron chi connectivity index (χ0n) is 12.9. The van der Waals surface area contributed by atoms with Crippen LogP contribution in [0.25, 0.3) is 11.1 Å². The first-order valence-corrected chi connectivity index (χ1v) is 7.90. The molecule has 2 amide bonds. The van der Waals surface area contributed by atoms with E-state index in [1.54, 1.807) is 0 Å². The van der Waals surface area contributed by atoms with Gasteiger partial charge in [-0.15, -0.1) is 0 Å². The van der Waals surface area contributed by atoms with E-state index >= 15 is 0 Å².